The molecule has 1 heterocycles. The highest BCUT2D eigenvalue weighted by Gasteiger charge is 2.19. The molecule has 0 unspecified atom stereocenters. The molecular weight excluding hydrogens is 551 g/mol. The van der Waals surface area contributed by atoms with Gasteiger partial charge in [-0.15, -0.1) is 11.3 Å². The molecule has 0 radical (unpaired) electrons. The van der Waals surface area contributed by atoms with Crippen molar-refractivity contribution in [3.8, 4) is 11.1 Å². The second-order valence-corrected chi connectivity index (χ2v) is 12.4. The predicted octanol–water partition coefficient (Wildman–Crippen LogP) is 12.7. The number of fused-ring (bicyclic) bond motifs is 9. The first kappa shape index (κ1) is 25.1. The van der Waals surface area contributed by atoms with E-state index < -0.39 is 0 Å². The van der Waals surface area contributed by atoms with Crippen LogP contribution in [0.4, 0.5) is 17.1 Å². The van der Waals surface area contributed by atoms with E-state index in [-0.39, 0.29) is 0 Å². The summed E-state index contributed by atoms with van der Waals surface area (Å²) >= 11 is 1.87. The van der Waals surface area contributed by atoms with Crippen molar-refractivity contribution in [2.24, 2.45) is 0 Å². The normalized spacial score (nSPS) is 11.6. The van der Waals surface area contributed by atoms with E-state index in [9.17, 15) is 0 Å². The van der Waals surface area contributed by atoms with Crippen LogP contribution in [0.3, 0.4) is 0 Å². The van der Waals surface area contributed by atoms with Gasteiger partial charge in [0.1, 0.15) is 0 Å². The molecule has 9 aromatic rings. The molecule has 1 aromatic heterocycles. The van der Waals surface area contributed by atoms with Crippen molar-refractivity contribution >= 4 is 80.9 Å². The number of nitrogens with zero attached hydrogens (tertiary/aromatic N) is 1. The molecule has 0 aliphatic rings. The molecule has 1 nitrogen and oxygen atoms in total. The number of benzene rings is 8. The van der Waals surface area contributed by atoms with Crippen LogP contribution in [0, 0.1) is 0 Å². The number of thiophene rings is 1. The van der Waals surface area contributed by atoms with Crippen LogP contribution in [0.2, 0.25) is 0 Å². The number of rotatable bonds is 4. The average Bonchev–Trinajstić information content (AvgIpc) is 3.49. The van der Waals surface area contributed by atoms with Gasteiger partial charge in [-0.25, -0.2) is 0 Å². The summed E-state index contributed by atoms with van der Waals surface area (Å²) in [6, 6.07) is 59.7. The average molecular weight is 578 g/mol. The summed E-state index contributed by atoms with van der Waals surface area (Å²) < 4.78 is 2.61. The van der Waals surface area contributed by atoms with Crippen molar-refractivity contribution in [1.82, 2.24) is 0 Å². The van der Waals surface area contributed by atoms with Gasteiger partial charge < -0.3 is 4.90 Å². The third kappa shape index (κ3) is 3.92. The number of hydrogen-bond donors (Lipinski definition) is 0. The van der Waals surface area contributed by atoms with Crippen molar-refractivity contribution in [2.75, 3.05) is 4.90 Å². The lowest BCUT2D eigenvalue weighted by Gasteiger charge is -2.27. The zero-order chi connectivity index (χ0) is 29.0. The second-order valence-electron chi connectivity index (χ2n) is 11.3. The Morgan fingerprint density at radius 2 is 0.864 bits per heavy atom. The van der Waals surface area contributed by atoms with Gasteiger partial charge in [-0.05, 0) is 79.8 Å². The van der Waals surface area contributed by atoms with E-state index in [2.05, 4.69) is 169 Å². The van der Waals surface area contributed by atoms with E-state index in [1.165, 1.54) is 69.3 Å². The fraction of sp³-hybridized carbons (Fsp3) is 0. The molecule has 0 fully saturated rings. The summed E-state index contributed by atoms with van der Waals surface area (Å²) in [6.45, 7) is 0. The summed E-state index contributed by atoms with van der Waals surface area (Å²) in [7, 11) is 0. The third-order valence-electron chi connectivity index (χ3n) is 8.84. The topological polar surface area (TPSA) is 3.24 Å². The number of hydrogen-bond acceptors (Lipinski definition) is 2. The molecule has 0 saturated carbocycles. The van der Waals surface area contributed by atoms with Crippen LogP contribution >= 0.6 is 11.3 Å². The van der Waals surface area contributed by atoms with Gasteiger partial charge in [-0.1, -0.05) is 127 Å². The van der Waals surface area contributed by atoms with Gasteiger partial charge in [-0.2, -0.15) is 0 Å². The summed E-state index contributed by atoms with van der Waals surface area (Å²) in [5.74, 6) is 0. The van der Waals surface area contributed by atoms with Gasteiger partial charge in [0.25, 0.3) is 0 Å². The molecule has 0 bridgehead atoms. The number of anilines is 3. The van der Waals surface area contributed by atoms with Gasteiger partial charge in [0.2, 0.25) is 0 Å². The van der Waals surface area contributed by atoms with Crippen LogP contribution in [-0.2, 0) is 0 Å². The Kier molecular flexibility index (Phi) is 5.75. The van der Waals surface area contributed by atoms with Gasteiger partial charge >= 0.3 is 0 Å². The Hall–Kier alpha value is -5.44. The maximum Gasteiger partial charge on any atom is 0.0640 e. The smallest absolute Gasteiger partial charge is 0.0640 e. The first-order valence-electron chi connectivity index (χ1n) is 15.0. The maximum atomic E-state index is 2.44. The highest BCUT2D eigenvalue weighted by atomic mass is 32.1. The zero-order valence-corrected chi connectivity index (χ0v) is 24.8. The minimum atomic E-state index is 1.14. The Balaban J connectivity index is 1.32. The molecule has 2 heteroatoms. The van der Waals surface area contributed by atoms with Crippen molar-refractivity contribution in [1.29, 1.82) is 0 Å². The maximum absolute atomic E-state index is 2.44. The monoisotopic (exact) mass is 577 g/mol. The lowest BCUT2D eigenvalue weighted by atomic mass is 9.94. The van der Waals surface area contributed by atoms with E-state index in [0.29, 0.717) is 0 Å². The van der Waals surface area contributed by atoms with Crippen LogP contribution in [0.5, 0.6) is 0 Å². The van der Waals surface area contributed by atoms with Crippen LogP contribution in [0.15, 0.2) is 164 Å². The summed E-state index contributed by atoms with van der Waals surface area (Å²) in [4.78, 5) is 2.44. The van der Waals surface area contributed by atoms with Crippen LogP contribution in [0.25, 0.3) is 63.6 Å². The molecule has 44 heavy (non-hydrogen) atoms. The van der Waals surface area contributed by atoms with Crippen molar-refractivity contribution < 1.29 is 0 Å². The first-order valence-corrected chi connectivity index (χ1v) is 15.8. The highest BCUT2D eigenvalue weighted by molar-refractivity contribution is 7.26. The quantitative estimate of drug-likeness (QED) is 0.188. The Morgan fingerprint density at radius 1 is 0.341 bits per heavy atom. The second kappa shape index (κ2) is 10.1. The molecule has 9 rings (SSSR count). The van der Waals surface area contributed by atoms with Gasteiger partial charge in [0.05, 0.1) is 10.4 Å². The fourth-order valence-corrected chi connectivity index (χ4v) is 8.01. The SMILES string of the molecule is c1ccc(-c2ccc(N(c3ccc4c5ccccc5c5ccccc5c4c3)c3cccc4c3sc3ccccc34)cc2)cc1. The van der Waals surface area contributed by atoms with E-state index in [1.807, 2.05) is 11.3 Å². The highest BCUT2D eigenvalue weighted by Crippen LogP contribution is 2.46. The molecule has 0 saturated heterocycles. The Bertz CT molecular complexity index is 2450. The molecule has 8 aromatic carbocycles. The van der Waals surface area contributed by atoms with E-state index in [0.717, 1.165) is 11.4 Å². The summed E-state index contributed by atoms with van der Waals surface area (Å²) in [5.41, 5.74) is 5.92. The Morgan fingerprint density at radius 3 is 1.57 bits per heavy atom. The van der Waals surface area contributed by atoms with Crippen LogP contribution in [-0.4, -0.2) is 0 Å². The fourth-order valence-electron chi connectivity index (χ4n) is 6.80. The summed E-state index contributed by atoms with van der Waals surface area (Å²) in [5, 5.41) is 10.3. The molecule has 0 N–H and O–H groups in total. The van der Waals surface area contributed by atoms with E-state index in [1.54, 1.807) is 0 Å². The molecule has 0 amide bonds. The van der Waals surface area contributed by atoms with Gasteiger partial charge in [-0.3, -0.25) is 0 Å². The molecule has 0 atom stereocenters. The lowest BCUT2D eigenvalue weighted by molar-refractivity contribution is 1.31. The third-order valence-corrected chi connectivity index (χ3v) is 10.1. The van der Waals surface area contributed by atoms with Crippen LogP contribution < -0.4 is 4.90 Å². The lowest BCUT2D eigenvalue weighted by Crippen LogP contribution is -2.10. The standard InChI is InChI=1S/C42H27NS/c1-2-11-28(12-3-1)29-21-23-30(24-22-29)43(40-19-10-18-38-37-17-8-9-20-41(37)44-42(38)40)31-25-26-36-34-15-5-4-13-32(34)33-14-6-7-16-35(33)39(36)27-31/h1-27H. The zero-order valence-electron chi connectivity index (χ0n) is 23.9. The molecule has 0 aliphatic carbocycles. The molecular formula is C42H27NS. The van der Waals surface area contributed by atoms with Crippen molar-refractivity contribution in [3.05, 3.63) is 164 Å². The van der Waals surface area contributed by atoms with E-state index >= 15 is 0 Å². The minimum absolute atomic E-state index is 1.14. The van der Waals surface area contributed by atoms with Crippen molar-refractivity contribution in [3.63, 3.8) is 0 Å². The Labute approximate surface area is 259 Å². The largest absolute Gasteiger partial charge is 0.309 e. The van der Waals surface area contributed by atoms with Crippen molar-refractivity contribution in [2.45, 2.75) is 0 Å². The van der Waals surface area contributed by atoms with Gasteiger partial charge in [0.15, 0.2) is 0 Å². The molecule has 0 spiro atoms. The predicted molar refractivity (Wildman–Crippen MR) is 192 cm³/mol. The van der Waals surface area contributed by atoms with E-state index in [4.69, 9.17) is 0 Å². The van der Waals surface area contributed by atoms with Crippen LogP contribution in [0.1, 0.15) is 0 Å². The molecule has 0 aliphatic heterocycles. The molecule has 206 valence electrons. The van der Waals surface area contributed by atoms with Gasteiger partial charge in [0, 0.05) is 26.8 Å². The summed E-state index contributed by atoms with van der Waals surface area (Å²) in [6.07, 6.45) is 0. The minimum Gasteiger partial charge on any atom is -0.309 e. The first-order chi connectivity index (χ1) is 21.8.